The number of pyridine rings is 2. The van der Waals surface area contributed by atoms with E-state index in [1.807, 2.05) is 24.5 Å². The molecule has 0 aliphatic carbocycles. The number of hydrogen-bond acceptors (Lipinski definition) is 4. The molecule has 1 aliphatic heterocycles. The van der Waals surface area contributed by atoms with Crippen LogP contribution in [0.1, 0.15) is 66.7 Å². The van der Waals surface area contributed by atoms with Crippen molar-refractivity contribution in [2.45, 2.75) is 58.0 Å². The van der Waals surface area contributed by atoms with Gasteiger partial charge in [0.1, 0.15) is 0 Å². The second-order valence-electron chi connectivity index (χ2n) is 7.04. The summed E-state index contributed by atoms with van der Waals surface area (Å²) < 4.78 is 0. The fraction of sp³-hybridized carbons (Fsp3) is 0.524. The van der Waals surface area contributed by atoms with Crippen LogP contribution in [-0.2, 0) is 0 Å². The molecule has 4 heteroatoms. The van der Waals surface area contributed by atoms with Crippen molar-refractivity contribution < 1.29 is 5.11 Å². The molecule has 25 heavy (non-hydrogen) atoms. The highest BCUT2D eigenvalue weighted by Gasteiger charge is 2.34. The van der Waals surface area contributed by atoms with Gasteiger partial charge in [0.25, 0.3) is 0 Å². The molecular formula is C21H29N3O. The second kappa shape index (κ2) is 8.54. The largest absolute Gasteiger partial charge is 0.396 e. The van der Waals surface area contributed by atoms with Crippen LogP contribution in [0, 0.1) is 13.8 Å². The normalized spacial score (nSPS) is 21.4. The van der Waals surface area contributed by atoms with Crippen LogP contribution >= 0.6 is 0 Å². The van der Waals surface area contributed by atoms with Gasteiger partial charge in [0.05, 0.1) is 23.5 Å². The molecule has 0 radical (unpaired) electrons. The summed E-state index contributed by atoms with van der Waals surface area (Å²) >= 11 is 0. The Bertz CT molecular complexity index is 635. The molecule has 2 aromatic rings. The van der Waals surface area contributed by atoms with Crippen molar-refractivity contribution in [3.63, 3.8) is 0 Å². The van der Waals surface area contributed by atoms with Crippen molar-refractivity contribution in [2.24, 2.45) is 0 Å². The summed E-state index contributed by atoms with van der Waals surface area (Å²) in [5, 5.41) is 9.21. The van der Waals surface area contributed by atoms with Crippen molar-refractivity contribution in [3.8, 4) is 0 Å². The van der Waals surface area contributed by atoms with E-state index in [1.54, 1.807) is 0 Å². The highest BCUT2D eigenvalue weighted by Crippen LogP contribution is 2.42. The monoisotopic (exact) mass is 339 g/mol. The molecule has 0 spiro atoms. The average molecular weight is 339 g/mol. The fourth-order valence-corrected chi connectivity index (χ4v) is 4.05. The molecule has 0 unspecified atom stereocenters. The molecule has 4 nitrogen and oxygen atoms in total. The van der Waals surface area contributed by atoms with Crippen LogP contribution in [0.15, 0.2) is 36.7 Å². The van der Waals surface area contributed by atoms with Gasteiger partial charge in [0, 0.05) is 19.0 Å². The van der Waals surface area contributed by atoms with Crippen LogP contribution in [0.5, 0.6) is 0 Å². The van der Waals surface area contributed by atoms with Gasteiger partial charge in [0.2, 0.25) is 0 Å². The Morgan fingerprint density at radius 1 is 0.960 bits per heavy atom. The molecule has 1 fully saturated rings. The minimum atomic E-state index is 0.258. The Hall–Kier alpha value is -1.78. The molecule has 3 heterocycles. The minimum absolute atomic E-state index is 0.258. The molecule has 0 saturated carbocycles. The second-order valence-corrected chi connectivity index (χ2v) is 7.04. The van der Waals surface area contributed by atoms with Gasteiger partial charge < -0.3 is 5.11 Å². The summed E-state index contributed by atoms with van der Waals surface area (Å²) in [5.41, 5.74) is 4.92. The first-order valence-electron chi connectivity index (χ1n) is 9.42. The van der Waals surface area contributed by atoms with Crippen LogP contribution in [0.2, 0.25) is 0 Å². The number of aliphatic hydroxyl groups is 1. The van der Waals surface area contributed by atoms with Crippen LogP contribution in [-0.4, -0.2) is 33.1 Å². The highest BCUT2D eigenvalue weighted by atomic mass is 16.2. The minimum Gasteiger partial charge on any atom is -0.396 e. The van der Waals surface area contributed by atoms with E-state index >= 15 is 0 Å². The van der Waals surface area contributed by atoms with Crippen LogP contribution in [0.4, 0.5) is 0 Å². The zero-order valence-corrected chi connectivity index (χ0v) is 15.4. The lowest BCUT2D eigenvalue weighted by Gasteiger charge is -2.42. The zero-order valence-electron chi connectivity index (χ0n) is 15.4. The van der Waals surface area contributed by atoms with Gasteiger partial charge in [-0.1, -0.05) is 12.1 Å². The van der Waals surface area contributed by atoms with Crippen molar-refractivity contribution in [3.05, 3.63) is 59.2 Å². The van der Waals surface area contributed by atoms with E-state index in [1.165, 1.54) is 28.9 Å². The van der Waals surface area contributed by atoms with Gasteiger partial charge in [-0.3, -0.25) is 14.9 Å². The average Bonchev–Trinajstić information content (AvgIpc) is 2.63. The SMILES string of the molecule is Cc1cccnc1[C@H]1CCC[C@@H](c2ncccc2C)N1CCCCO. The maximum absolute atomic E-state index is 9.21. The molecule has 0 bridgehead atoms. The lowest BCUT2D eigenvalue weighted by atomic mass is 9.88. The van der Waals surface area contributed by atoms with Crippen LogP contribution in [0.25, 0.3) is 0 Å². The van der Waals surface area contributed by atoms with E-state index in [9.17, 15) is 5.11 Å². The summed E-state index contributed by atoms with van der Waals surface area (Å²) in [6.45, 7) is 5.55. The van der Waals surface area contributed by atoms with Gasteiger partial charge >= 0.3 is 0 Å². The molecule has 1 aliphatic rings. The Morgan fingerprint density at radius 3 is 2.00 bits per heavy atom. The van der Waals surface area contributed by atoms with E-state index in [2.05, 4.69) is 30.9 Å². The number of aliphatic hydroxyl groups excluding tert-OH is 1. The van der Waals surface area contributed by atoms with Gasteiger partial charge in [-0.05, 0) is 75.8 Å². The number of rotatable bonds is 6. The van der Waals surface area contributed by atoms with Crippen molar-refractivity contribution in [2.75, 3.05) is 13.2 Å². The first-order valence-corrected chi connectivity index (χ1v) is 9.42. The summed E-state index contributed by atoms with van der Waals surface area (Å²) in [4.78, 5) is 12.0. The predicted octanol–water partition coefficient (Wildman–Crippen LogP) is 4.13. The molecular weight excluding hydrogens is 310 g/mol. The van der Waals surface area contributed by atoms with E-state index in [0.717, 1.165) is 32.2 Å². The number of nitrogens with zero attached hydrogens (tertiary/aromatic N) is 3. The summed E-state index contributed by atoms with van der Waals surface area (Å²) in [5.74, 6) is 0. The highest BCUT2D eigenvalue weighted by molar-refractivity contribution is 5.25. The predicted molar refractivity (Wildman–Crippen MR) is 100 cm³/mol. The third-order valence-electron chi connectivity index (χ3n) is 5.31. The maximum Gasteiger partial charge on any atom is 0.0604 e. The summed E-state index contributed by atoms with van der Waals surface area (Å²) in [7, 11) is 0. The zero-order chi connectivity index (χ0) is 17.6. The van der Waals surface area contributed by atoms with Crippen molar-refractivity contribution in [1.82, 2.24) is 14.9 Å². The number of hydrogen-bond donors (Lipinski definition) is 1. The lowest BCUT2D eigenvalue weighted by molar-refractivity contribution is 0.0725. The standard InChI is InChI=1S/C21H29N3O/c1-16-8-6-12-22-20(16)18-10-5-11-19(24(18)14-3-4-15-25)21-17(2)9-7-13-23-21/h6-9,12-13,18-19,25H,3-5,10-11,14-15H2,1-2H3/t18-,19+. The Kier molecular flexibility index (Phi) is 6.16. The van der Waals surface area contributed by atoms with E-state index in [4.69, 9.17) is 9.97 Å². The molecule has 2 aromatic heterocycles. The third-order valence-corrected chi connectivity index (χ3v) is 5.31. The van der Waals surface area contributed by atoms with Crippen LogP contribution in [0.3, 0.4) is 0 Å². The summed E-state index contributed by atoms with van der Waals surface area (Å²) in [6.07, 6.45) is 9.13. The topological polar surface area (TPSA) is 49.2 Å². The quantitative estimate of drug-likeness (QED) is 0.804. The molecule has 0 aromatic carbocycles. The molecule has 1 saturated heterocycles. The first kappa shape index (κ1) is 18.0. The van der Waals surface area contributed by atoms with Crippen molar-refractivity contribution >= 4 is 0 Å². The maximum atomic E-state index is 9.21. The molecule has 1 N–H and O–H groups in total. The number of unbranched alkanes of at least 4 members (excludes halogenated alkanes) is 1. The Morgan fingerprint density at radius 2 is 1.52 bits per heavy atom. The number of aromatic nitrogens is 2. The Labute approximate surface area is 150 Å². The van der Waals surface area contributed by atoms with E-state index in [-0.39, 0.29) is 6.61 Å². The van der Waals surface area contributed by atoms with Crippen molar-refractivity contribution in [1.29, 1.82) is 0 Å². The first-order chi connectivity index (χ1) is 12.2. The number of piperidine rings is 1. The van der Waals surface area contributed by atoms with Gasteiger partial charge in [-0.15, -0.1) is 0 Å². The third kappa shape index (κ3) is 4.07. The Balaban J connectivity index is 1.94. The van der Waals surface area contributed by atoms with Crippen LogP contribution < -0.4 is 0 Å². The molecule has 3 rings (SSSR count). The van der Waals surface area contributed by atoms with Gasteiger partial charge in [-0.25, -0.2) is 0 Å². The van der Waals surface area contributed by atoms with E-state index in [0.29, 0.717) is 12.1 Å². The van der Waals surface area contributed by atoms with Gasteiger partial charge in [-0.2, -0.15) is 0 Å². The molecule has 134 valence electrons. The summed E-state index contributed by atoms with van der Waals surface area (Å²) in [6, 6.07) is 9.00. The van der Waals surface area contributed by atoms with E-state index < -0.39 is 0 Å². The molecule has 2 atom stereocenters. The number of aryl methyl sites for hydroxylation is 2. The lowest BCUT2D eigenvalue weighted by Crippen LogP contribution is -2.38. The smallest absolute Gasteiger partial charge is 0.0604 e. The molecule has 0 amide bonds. The number of likely N-dealkylation sites (tertiary alicyclic amines) is 1. The van der Waals surface area contributed by atoms with Gasteiger partial charge in [0.15, 0.2) is 0 Å². The fourth-order valence-electron chi connectivity index (χ4n) is 4.05.